The predicted octanol–water partition coefficient (Wildman–Crippen LogP) is 3.27. The van der Waals surface area contributed by atoms with Crippen LogP contribution < -0.4 is 5.32 Å². The molecule has 2 aromatic carbocycles. The minimum atomic E-state index is -0.507. The van der Waals surface area contributed by atoms with Crippen molar-refractivity contribution >= 4 is 12.0 Å². The molecule has 0 unspecified atom stereocenters. The normalized spacial score (nSPS) is 10.6. The number of carbonyl (C=O) groups excluding carboxylic acids is 1. The molecule has 0 aliphatic rings. The third-order valence-corrected chi connectivity index (χ3v) is 2.61. The highest BCUT2D eigenvalue weighted by Crippen LogP contribution is 2.05. The molecular formula is C16H14FNO. The van der Waals surface area contributed by atoms with Crippen LogP contribution in [0.1, 0.15) is 15.9 Å². The molecule has 1 N–H and O–H groups in total. The van der Waals surface area contributed by atoms with Gasteiger partial charge in [0.15, 0.2) is 0 Å². The van der Waals surface area contributed by atoms with Crippen molar-refractivity contribution < 1.29 is 9.18 Å². The Labute approximate surface area is 111 Å². The van der Waals surface area contributed by atoms with Crippen molar-refractivity contribution in [2.45, 2.75) is 0 Å². The Morgan fingerprint density at radius 2 is 1.74 bits per heavy atom. The van der Waals surface area contributed by atoms with Crippen molar-refractivity contribution in [1.29, 1.82) is 0 Å². The molecule has 19 heavy (non-hydrogen) atoms. The summed E-state index contributed by atoms with van der Waals surface area (Å²) in [6, 6.07) is 15.7. The molecule has 0 radical (unpaired) electrons. The Kier molecular flexibility index (Phi) is 4.45. The molecule has 0 aliphatic carbocycles. The Morgan fingerprint density at radius 3 is 2.47 bits per heavy atom. The largest absolute Gasteiger partial charge is 0.348 e. The van der Waals surface area contributed by atoms with E-state index in [1.807, 2.05) is 42.5 Å². The number of hydrogen-bond acceptors (Lipinski definition) is 1. The number of carbonyl (C=O) groups is 1. The van der Waals surface area contributed by atoms with Gasteiger partial charge in [0, 0.05) is 6.54 Å². The lowest BCUT2D eigenvalue weighted by Crippen LogP contribution is -2.24. The minimum Gasteiger partial charge on any atom is -0.348 e. The molecular weight excluding hydrogens is 241 g/mol. The summed E-state index contributed by atoms with van der Waals surface area (Å²) < 4.78 is 13.3. The summed E-state index contributed by atoms with van der Waals surface area (Å²) >= 11 is 0. The number of rotatable bonds is 4. The van der Waals surface area contributed by atoms with E-state index in [0.29, 0.717) is 6.54 Å². The minimum absolute atomic E-state index is 0.0654. The van der Waals surface area contributed by atoms with E-state index in [1.165, 1.54) is 12.1 Å². The fraction of sp³-hybridized carbons (Fsp3) is 0.0625. The van der Waals surface area contributed by atoms with Gasteiger partial charge in [-0.1, -0.05) is 54.6 Å². The second-order valence-corrected chi connectivity index (χ2v) is 4.00. The molecule has 0 saturated carbocycles. The summed E-state index contributed by atoms with van der Waals surface area (Å²) in [6.45, 7) is 0.363. The Bertz CT molecular complexity index is 578. The number of amides is 1. The Hall–Kier alpha value is -2.42. The SMILES string of the molecule is O=C(NC/C=C/c1ccccc1)c1ccccc1F. The third-order valence-electron chi connectivity index (χ3n) is 2.61. The fourth-order valence-corrected chi connectivity index (χ4v) is 1.65. The van der Waals surface area contributed by atoms with Gasteiger partial charge in [-0.15, -0.1) is 0 Å². The maximum Gasteiger partial charge on any atom is 0.254 e. The summed E-state index contributed by atoms with van der Waals surface area (Å²) in [6.07, 6.45) is 3.73. The molecule has 0 bridgehead atoms. The molecule has 0 saturated heterocycles. The highest BCUT2D eigenvalue weighted by Gasteiger charge is 2.08. The lowest BCUT2D eigenvalue weighted by molar-refractivity contribution is 0.0954. The van der Waals surface area contributed by atoms with Crippen LogP contribution in [0.3, 0.4) is 0 Å². The Morgan fingerprint density at radius 1 is 1.05 bits per heavy atom. The first-order chi connectivity index (χ1) is 9.27. The van der Waals surface area contributed by atoms with Gasteiger partial charge in [-0.05, 0) is 17.7 Å². The second-order valence-electron chi connectivity index (χ2n) is 4.00. The predicted molar refractivity (Wildman–Crippen MR) is 74.2 cm³/mol. The van der Waals surface area contributed by atoms with Crippen molar-refractivity contribution in [3.05, 3.63) is 77.6 Å². The van der Waals surface area contributed by atoms with E-state index in [0.717, 1.165) is 5.56 Å². The zero-order valence-electron chi connectivity index (χ0n) is 10.3. The molecule has 3 heteroatoms. The van der Waals surface area contributed by atoms with E-state index in [1.54, 1.807) is 12.1 Å². The highest BCUT2D eigenvalue weighted by atomic mass is 19.1. The molecule has 0 atom stereocenters. The van der Waals surface area contributed by atoms with Crippen LogP contribution >= 0.6 is 0 Å². The molecule has 0 heterocycles. The lowest BCUT2D eigenvalue weighted by atomic mass is 10.2. The molecule has 96 valence electrons. The topological polar surface area (TPSA) is 29.1 Å². The number of hydrogen-bond donors (Lipinski definition) is 1. The van der Waals surface area contributed by atoms with Gasteiger partial charge in [0.25, 0.3) is 5.91 Å². The number of benzene rings is 2. The van der Waals surface area contributed by atoms with Crippen molar-refractivity contribution in [3.8, 4) is 0 Å². The number of nitrogens with one attached hydrogen (secondary N) is 1. The maximum absolute atomic E-state index is 13.3. The van der Waals surface area contributed by atoms with Crippen molar-refractivity contribution in [1.82, 2.24) is 5.32 Å². The number of halogens is 1. The van der Waals surface area contributed by atoms with Crippen LogP contribution in [0.5, 0.6) is 0 Å². The van der Waals surface area contributed by atoms with E-state index in [4.69, 9.17) is 0 Å². The molecule has 2 nitrogen and oxygen atoms in total. The summed E-state index contributed by atoms with van der Waals surface area (Å²) in [4.78, 5) is 11.7. The van der Waals surface area contributed by atoms with E-state index >= 15 is 0 Å². The molecule has 2 rings (SSSR count). The van der Waals surface area contributed by atoms with Gasteiger partial charge in [0.2, 0.25) is 0 Å². The average Bonchev–Trinajstić information content (AvgIpc) is 2.45. The van der Waals surface area contributed by atoms with Crippen LogP contribution in [0.4, 0.5) is 4.39 Å². The summed E-state index contributed by atoms with van der Waals surface area (Å²) in [7, 11) is 0. The molecule has 0 fully saturated rings. The average molecular weight is 255 g/mol. The summed E-state index contributed by atoms with van der Waals surface area (Å²) in [5, 5.41) is 2.64. The first-order valence-electron chi connectivity index (χ1n) is 6.01. The van der Waals surface area contributed by atoms with E-state index in [9.17, 15) is 9.18 Å². The van der Waals surface area contributed by atoms with Gasteiger partial charge in [-0.2, -0.15) is 0 Å². The third kappa shape index (κ3) is 3.78. The van der Waals surface area contributed by atoms with Crippen LogP contribution in [0, 0.1) is 5.82 Å². The standard InChI is InChI=1S/C16H14FNO/c17-15-11-5-4-10-14(15)16(19)18-12-6-9-13-7-2-1-3-8-13/h1-11H,12H2,(H,18,19)/b9-6+. The Balaban J connectivity index is 1.88. The first kappa shape index (κ1) is 13.0. The van der Waals surface area contributed by atoms with Gasteiger partial charge in [0.1, 0.15) is 5.82 Å². The zero-order chi connectivity index (χ0) is 13.5. The van der Waals surface area contributed by atoms with Crippen LogP contribution in [-0.4, -0.2) is 12.5 Å². The van der Waals surface area contributed by atoms with E-state index < -0.39 is 11.7 Å². The van der Waals surface area contributed by atoms with Crippen LogP contribution in [-0.2, 0) is 0 Å². The van der Waals surface area contributed by atoms with Gasteiger partial charge < -0.3 is 5.32 Å². The van der Waals surface area contributed by atoms with Crippen molar-refractivity contribution in [2.75, 3.05) is 6.54 Å². The lowest BCUT2D eigenvalue weighted by Gasteiger charge is -2.03. The smallest absolute Gasteiger partial charge is 0.254 e. The van der Waals surface area contributed by atoms with Crippen molar-refractivity contribution in [3.63, 3.8) is 0 Å². The fourth-order valence-electron chi connectivity index (χ4n) is 1.65. The molecule has 2 aromatic rings. The van der Waals surface area contributed by atoms with E-state index in [-0.39, 0.29) is 5.56 Å². The van der Waals surface area contributed by atoms with Gasteiger partial charge in [-0.25, -0.2) is 4.39 Å². The second kappa shape index (κ2) is 6.50. The summed E-state index contributed by atoms with van der Waals surface area (Å²) in [5.74, 6) is -0.914. The van der Waals surface area contributed by atoms with Gasteiger partial charge in [-0.3, -0.25) is 4.79 Å². The van der Waals surface area contributed by atoms with E-state index in [2.05, 4.69) is 5.32 Å². The molecule has 0 aliphatic heterocycles. The van der Waals surface area contributed by atoms with Gasteiger partial charge in [0.05, 0.1) is 5.56 Å². The zero-order valence-corrected chi connectivity index (χ0v) is 10.3. The van der Waals surface area contributed by atoms with Crippen LogP contribution in [0.2, 0.25) is 0 Å². The first-order valence-corrected chi connectivity index (χ1v) is 6.01. The monoisotopic (exact) mass is 255 g/mol. The maximum atomic E-state index is 13.3. The van der Waals surface area contributed by atoms with Gasteiger partial charge >= 0.3 is 0 Å². The molecule has 1 amide bonds. The quantitative estimate of drug-likeness (QED) is 0.892. The van der Waals surface area contributed by atoms with Crippen molar-refractivity contribution in [2.24, 2.45) is 0 Å². The van der Waals surface area contributed by atoms with Crippen LogP contribution in [0.25, 0.3) is 6.08 Å². The molecule has 0 spiro atoms. The highest BCUT2D eigenvalue weighted by molar-refractivity contribution is 5.94. The molecule has 0 aromatic heterocycles. The summed E-state index contributed by atoms with van der Waals surface area (Å²) in [5.41, 5.74) is 1.12. The van der Waals surface area contributed by atoms with Crippen LogP contribution in [0.15, 0.2) is 60.7 Å².